The third kappa shape index (κ3) is 7.38. The molecule has 28 heavy (non-hydrogen) atoms. The number of carbonyl (C=O) groups excluding carboxylic acids is 2. The quantitative estimate of drug-likeness (QED) is 0.661. The fourth-order valence-electron chi connectivity index (χ4n) is 2.30. The standard InChI is InChI=1S/C20H28N4O4/c1-13(2)12-27-20(26)22-16-8-5-7-15(11-16)21-17(25)9-6-10-18-23-19(14(3)4)24-28-18/h5,7-8,11,13-14H,6,9-10,12H2,1-4H3,(H,21,25)(H,22,26). The number of rotatable bonds is 9. The van der Waals surface area contributed by atoms with E-state index in [1.807, 2.05) is 27.7 Å². The molecule has 0 aliphatic heterocycles. The molecule has 0 spiro atoms. The average Bonchev–Trinajstić information content (AvgIpc) is 3.09. The molecule has 2 N–H and O–H groups in total. The van der Waals surface area contributed by atoms with Crippen LogP contribution in [-0.4, -0.2) is 28.7 Å². The molecule has 0 saturated heterocycles. The largest absolute Gasteiger partial charge is 0.449 e. The van der Waals surface area contributed by atoms with Gasteiger partial charge >= 0.3 is 6.09 Å². The SMILES string of the molecule is CC(C)COC(=O)Nc1cccc(NC(=O)CCCc2nc(C(C)C)no2)c1. The Labute approximate surface area is 165 Å². The normalized spacial score (nSPS) is 10.9. The minimum atomic E-state index is -0.516. The van der Waals surface area contributed by atoms with Gasteiger partial charge in [0.05, 0.1) is 6.61 Å². The highest BCUT2D eigenvalue weighted by atomic mass is 16.5. The Balaban J connectivity index is 1.77. The number of ether oxygens (including phenoxy) is 1. The van der Waals surface area contributed by atoms with Gasteiger partial charge in [0.15, 0.2) is 5.82 Å². The molecule has 2 amide bonds. The molecule has 8 nitrogen and oxygen atoms in total. The Bertz CT molecular complexity index is 786. The topological polar surface area (TPSA) is 106 Å². The lowest BCUT2D eigenvalue weighted by Crippen LogP contribution is -2.17. The number of aromatic nitrogens is 2. The summed E-state index contributed by atoms with van der Waals surface area (Å²) in [6.45, 7) is 8.27. The first kappa shape index (κ1) is 21.4. The zero-order chi connectivity index (χ0) is 20.5. The Kier molecular flexibility index (Phi) is 7.98. The molecule has 1 aromatic carbocycles. The second-order valence-corrected chi connectivity index (χ2v) is 7.30. The number of nitrogens with zero attached hydrogens (tertiary/aromatic N) is 2. The molecule has 0 bridgehead atoms. The molecule has 0 unspecified atom stereocenters. The van der Waals surface area contributed by atoms with Gasteiger partial charge < -0.3 is 14.6 Å². The monoisotopic (exact) mass is 388 g/mol. The summed E-state index contributed by atoms with van der Waals surface area (Å²) < 4.78 is 10.3. The fourth-order valence-corrected chi connectivity index (χ4v) is 2.30. The van der Waals surface area contributed by atoms with Gasteiger partial charge in [-0.1, -0.05) is 38.9 Å². The van der Waals surface area contributed by atoms with Crippen LogP contribution in [0.25, 0.3) is 0 Å². The molecule has 0 fully saturated rings. The van der Waals surface area contributed by atoms with Crippen LogP contribution in [0.2, 0.25) is 0 Å². The van der Waals surface area contributed by atoms with E-state index in [0.717, 1.165) is 0 Å². The molecule has 0 radical (unpaired) electrons. The summed E-state index contributed by atoms with van der Waals surface area (Å²) >= 11 is 0. The van der Waals surface area contributed by atoms with E-state index in [1.54, 1.807) is 24.3 Å². The Morgan fingerprint density at radius 1 is 1.14 bits per heavy atom. The first-order chi connectivity index (χ1) is 13.3. The molecule has 0 aliphatic carbocycles. The van der Waals surface area contributed by atoms with Gasteiger partial charge in [0.25, 0.3) is 0 Å². The molecule has 2 rings (SSSR count). The van der Waals surface area contributed by atoms with Crippen LogP contribution >= 0.6 is 0 Å². The lowest BCUT2D eigenvalue weighted by atomic mass is 10.2. The summed E-state index contributed by atoms with van der Waals surface area (Å²) in [4.78, 5) is 28.2. The number of carbonyl (C=O) groups is 2. The van der Waals surface area contributed by atoms with Crippen molar-refractivity contribution in [2.45, 2.75) is 52.9 Å². The Hall–Kier alpha value is -2.90. The van der Waals surface area contributed by atoms with E-state index >= 15 is 0 Å². The zero-order valence-corrected chi connectivity index (χ0v) is 16.8. The van der Waals surface area contributed by atoms with Crippen LogP contribution in [-0.2, 0) is 16.0 Å². The van der Waals surface area contributed by atoms with Crippen LogP contribution in [0, 0.1) is 5.92 Å². The van der Waals surface area contributed by atoms with Crippen molar-refractivity contribution in [3.05, 3.63) is 36.0 Å². The Morgan fingerprint density at radius 3 is 2.50 bits per heavy atom. The van der Waals surface area contributed by atoms with Crippen LogP contribution in [0.3, 0.4) is 0 Å². The van der Waals surface area contributed by atoms with Crippen molar-refractivity contribution in [1.29, 1.82) is 0 Å². The van der Waals surface area contributed by atoms with Crippen molar-refractivity contribution in [2.75, 3.05) is 17.2 Å². The number of anilines is 2. The van der Waals surface area contributed by atoms with E-state index in [9.17, 15) is 9.59 Å². The number of hydrogen-bond donors (Lipinski definition) is 2. The average molecular weight is 388 g/mol. The highest BCUT2D eigenvalue weighted by Gasteiger charge is 2.11. The third-order valence-electron chi connectivity index (χ3n) is 3.74. The second-order valence-electron chi connectivity index (χ2n) is 7.30. The first-order valence-corrected chi connectivity index (χ1v) is 9.49. The molecule has 0 atom stereocenters. The van der Waals surface area contributed by atoms with Crippen molar-refractivity contribution in [2.24, 2.45) is 5.92 Å². The van der Waals surface area contributed by atoms with Gasteiger partial charge in [-0.2, -0.15) is 4.98 Å². The highest BCUT2D eigenvalue weighted by Crippen LogP contribution is 2.16. The van der Waals surface area contributed by atoms with E-state index in [4.69, 9.17) is 9.26 Å². The first-order valence-electron chi connectivity index (χ1n) is 9.49. The molecule has 1 heterocycles. The zero-order valence-electron chi connectivity index (χ0n) is 16.8. The number of amides is 2. The van der Waals surface area contributed by atoms with Crippen LogP contribution in [0.4, 0.5) is 16.2 Å². The van der Waals surface area contributed by atoms with E-state index < -0.39 is 6.09 Å². The molecular formula is C20H28N4O4. The summed E-state index contributed by atoms with van der Waals surface area (Å²) in [6, 6.07) is 6.92. The van der Waals surface area contributed by atoms with Crippen molar-refractivity contribution in [1.82, 2.24) is 10.1 Å². The summed E-state index contributed by atoms with van der Waals surface area (Å²) in [6.07, 6.45) is 0.965. The van der Waals surface area contributed by atoms with Crippen molar-refractivity contribution >= 4 is 23.4 Å². The van der Waals surface area contributed by atoms with Crippen LogP contribution in [0.5, 0.6) is 0 Å². The number of nitrogens with one attached hydrogen (secondary N) is 2. The van der Waals surface area contributed by atoms with Crippen molar-refractivity contribution in [3.8, 4) is 0 Å². The molecule has 152 valence electrons. The molecule has 0 saturated carbocycles. The predicted octanol–water partition coefficient (Wildman–Crippen LogP) is 4.36. The predicted molar refractivity (Wildman–Crippen MR) is 106 cm³/mol. The summed E-state index contributed by atoms with van der Waals surface area (Å²) in [5, 5.41) is 9.37. The maximum atomic E-state index is 12.1. The highest BCUT2D eigenvalue weighted by molar-refractivity contribution is 5.92. The van der Waals surface area contributed by atoms with Gasteiger partial charge in [-0.15, -0.1) is 0 Å². The summed E-state index contributed by atoms with van der Waals surface area (Å²) in [5.41, 5.74) is 1.16. The summed E-state index contributed by atoms with van der Waals surface area (Å²) in [5.74, 6) is 1.58. The molecular weight excluding hydrogens is 360 g/mol. The van der Waals surface area contributed by atoms with E-state index in [0.29, 0.717) is 49.0 Å². The maximum absolute atomic E-state index is 12.1. The number of aryl methyl sites for hydroxylation is 1. The molecule has 8 heteroatoms. The third-order valence-corrected chi connectivity index (χ3v) is 3.74. The van der Waals surface area contributed by atoms with Crippen LogP contribution in [0.15, 0.2) is 28.8 Å². The van der Waals surface area contributed by atoms with Gasteiger partial charge in [0, 0.05) is 30.1 Å². The molecule has 0 aliphatic rings. The van der Waals surface area contributed by atoms with Crippen LogP contribution < -0.4 is 10.6 Å². The van der Waals surface area contributed by atoms with E-state index in [-0.39, 0.29) is 17.7 Å². The lowest BCUT2D eigenvalue weighted by Gasteiger charge is -2.10. The van der Waals surface area contributed by atoms with Gasteiger partial charge in [0.2, 0.25) is 11.8 Å². The van der Waals surface area contributed by atoms with Crippen molar-refractivity contribution < 1.29 is 18.8 Å². The minimum absolute atomic E-state index is 0.122. The molecule has 1 aromatic heterocycles. The van der Waals surface area contributed by atoms with E-state index in [2.05, 4.69) is 20.8 Å². The number of hydrogen-bond acceptors (Lipinski definition) is 6. The maximum Gasteiger partial charge on any atom is 0.411 e. The number of benzene rings is 1. The summed E-state index contributed by atoms with van der Waals surface area (Å²) in [7, 11) is 0. The van der Waals surface area contributed by atoms with E-state index in [1.165, 1.54) is 0 Å². The smallest absolute Gasteiger partial charge is 0.411 e. The fraction of sp³-hybridized carbons (Fsp3) is 0.500. The molecule has 2 aromatic rings. The lowest BCUT2D eigenvalue weighted by molar-refractivity contribution is -0.116. The van der Waals surface area contributed by atoms with Gasteiger partial charge in [0.1, 0.15) is 0 Å². The Morgan fingerprint density at radius 2 is 1.86 bits per heavy atom. The van der Waals surface area contributed by atoms with Crippen molar-refractivity contribution in [3.63, 3.8) is 0 Å². The minimum Gasteiger partial charge on any atom is -0.449 e. The van der Waals surface area contributed by atoms with Crippen LogP contribution in [0.1, 0.15) is 58.2 Å². The van der Waals surface area contributed by atoms with Gasteiger partial charge in [-0.3, -0.25) is 10.1 Å². The van der Waals surface area contributed by atoms with Gasteiger partial charge in [-0.05, 0) is 30.5 Å². The second kappa shape index (κ2) is 10.4. The van der Waals surface area contributed by atoms with Gasteiger partial charge in [-0.25, -0.2) is 4.79 Å².